The zero-order valence-electron chi connectivity index (χ0n) is 11.4. The Morgan fingerprint density at radius 3 is 2.68 bits per heavy atom. The number of rotatable bonds is 4. The lowest BCUT2D eigenvalue weighted by Gasteiger charge is -2.40. The van der Waals surface area contributed by atoms with Crippen LogP contribution in [-0.4, -0.2) is 57.6 Å². The summed E-state index contributed by atoms with van der Waals surface area (Å²) in [6.07, 6.45) is -5.75. The van der Waals surface area contributed by atoms with Gasteiger partial charge in [0.25, 0.3) is 0 Å². The number of H-pyrrole nitrogens is 1. The molecule has 0 radical (unpaired) electrons. The van der Waals surface area contributed by atoms with Crippen molar-refractivity contribution in [1.29, 1.82) is 0 Å². The molecule has 120 valence electrons. The minimum Gasteiger partial charge on any atom is -0.470 e. The van der Waals surface area contributed by atoms with Crippen LogP contribution in [0.2, 0.25) is 0 Å². The largest absolute Gasteiger partial charge is 0.470 e. The Bertz CT molecular complexity index is 602. The first-order chi connectivity index (χ1) is 10.6. The molecule has 0 aliphatic carbocycles. The van der Waals surface area contributed by atoms with Gasteiger partial charge >= 0.3 is 0 Å². The second-order valence-corrected chi connectivity index (χ2v) is 5.27. The molecule has 0 saturated carbocycles. The van der Waals surface area contributed by atoms with Crippen LogP contribution in [-0.2, 0) is 9.03 Å². The molecule has 1 aliphatic heterocycles. The van der Waals surface area contributed by atoms with E-state index in [-0.39, 0.29) is 0 Å². The highest BCUT2D eigenvalue weighted by Gasteiger charge is 2.47. The first-order valence-corrected chi connectivity index (χ1v) is 7.09. The van der Waals surface area contributed by atoms with Crippen LogP contribution in [0, 0.1) is 0 Å². The molecule has 1 aromatic carbocycles. The molecule has 3 rings (SSSR count). The minimum absolute atomic E-state index is 0.384. The minimum atomic E-state index is -1.51. The average molecular weight is 330 g/mol. The van der Waals surface area contributed by atoms with Crippen LogP contribution in [0.3, 0.4) is 0 Å². The predicted octanol–water partition coefficient (Wildman–Crippen LogP) is 0.525. The number of aliphatic hydroxyl groups is 3. The lowest BCUT2D eigenvalue weighted by Crippen LogP contribution is -2.60. The van der Waals surface area contributed by atoms with E-state index in [0.29, 0.717) is 5.88 Å². The van der Waals surface area contributed by atoms with Gasteiger partial charge in [0, 0.05) is 17.0 Å². The number of ether oxygens (including phenoxy) is 2. The van der Waals surface area contributed by atoms with Crippen molar-refractivity contribution >= 4 is 22.8 Å². The molecule has 4 N–H and O–H groups in total. The molecule has 2 aromatic rings. The summed E-state index contributed by atoms with van der Waals surface area (Å²) in [6, 6.07) is 9.30. The van der Waals surface area contributed by atoms with E-state index in [1.54, 1.807) is 6.07 Å². The summed E-state index contributed by atoms with van der Waals surface area (Å²) in [4.78, 5) is 3.04. The van der Waals surface area contributed by atoms with Crippen LogP contribution in [0.15, 0.2) is 30.3 Å². The van der Waals surface area contributed by atoms with Gasteiger partial charge in [-0.2, -0.15) is 0 Å². The van der Waals surface area contributed by atoms with Crippen molar-refractivity contribution in [3.63, 3.8) is 0 Å². The summed E-state index contributed by atoms with van der Waals surface area (Å²) in [6.45, 7) is -0.437. The van der Waals surface area contributed by atoms with E-state index in [1.807, 2.05) is 24.3 Å². The molecule has 8 heteroatoms. The standard InChI is InChI=1S/C14H16ClNO6/c15-22-12-9(6-17)20-14(19)11(18)13(12)21-10-5-7-3-1-2-4-8(7)16-10/h1-5,9,11-14,16-19H,6H2/t9-,11-,12+,13-,14-/m1/s1. The summed E-state index contributed by atoms with van der Waals surface area (Å²) in [5, 5.41) is 30.0. The van der Waals surface area contributed by atoms with E-state index < -0.39 is 37.3 Å². The highest BCUT2D eigenvalue weighted by Crippen LogP contribution is 2.28. The molecule has 1 aromatic heterocycles. The van der Waals surface area contributed by atoms with E-state index in [2.05, 4.69) is 4.98 Å². The summed E-state index contributed by atoms with van der Waals surface area (Å²) >= 11 is 5.43. The van der Waals surface area contributed by atoms with Crippen LogP contribution in [0.1, 0.15) is 0 Å². The number of aliphatic hydroxyl groups excluding tert-OH is 3. The maximum atomic E-state index is 10.1. The van der Waals surface area contributed by atoms with E-state index in [1.165, 1.54) is 0 Å². The van der Waals surface area contributed by atoms with E-state index in [9.17, 15) is 15.3 Å². The van der Waals surface area contributed by atoms with E-state index >= 15 is 0 Å². The molecule has 0 unspecified atom stereocenters. The molecule has 1 aliphatic rings. The Labute approximate surface area is 131 Å². The molecular weight excluding hydrogens is 314 g/mol. The fraction of sp³-hybridized carbons (Fsp3) is 0.429. The number of halogens is 1. The Morgan fingerprint density at radius 1 is 1.23 bits per heavy atom. The highest BCUT2D eigenvalue weighted by molar-refractivity contribution is 6.07. The monoisotopic (exact) mass is 329 g/mol. The molecule has 7 nitrogen and oxygen atoms in total. The van der Waals surface area contributed by atoms with Crippen LogP contribution in [0.25, 0.3) is 10.9 Å². The molecule has 0 bridgehead atoms. The Balaban J connectivity index is 1.86. The number of fused-ring (bicyclic) bond motifs is 1. The number of para-hydroxylation sites is 1. The maximum absolute atomic E-state index is 10.1. The van der Waals surface area contributed by atoms with Crippen molar-refractivity contribution in [2.45, 2.75) is 30.7 Å². The van der Waals surface area contributed by atoms with Gasteiger partial charge in [-0.1, -0.05) is 18.2 Å². The Morgan fingerprint density at radius 2 is 2.00 bits per heavy atom. The number of nitrogens with one attached hydrogen (secondary N) is 1. The lowest BCUT2D eigenvalue weighted by molar-refractivity contribution is -0.277. The Kier molecular flexibility index (Phi) is 4.53. The van der Waals surface area contributed by atoms with Crippen LogP contribution >= 0.6 is 11.9 Å². The van der Waals surface area contributed by atoms with Crippen LogP contribution < -0.4 is 4.74 Å². The SMILES string of the molecule is OC[C@H]1O[C@@H](O)[C@H](O)[C@@H](Oc2cc3ccccc3[nH]2)[C@H]1OCl. The van der Waals surface area contributed by atoms with Gasteiger partial charge in [0.05, 0.1) is 18.5 Å². The van der Waals surface area contributed by atoms with Crippen LogP contribution in [0.5, 0.6) is 5.88 Å². The molecule has 5 atom stereocenters. The van der Waals surface area contributed by atoms with Gasteiger partial charge in [-0.25, -0.2) is 0 Å². The Hall–Kier alpha value is -1.35. The molecule has 2 heterocycles. The second-order valence-electron chi connectivity index (χ2n) is 5.10. The fourth-order valence-corrected chi connectivity index (χ4v) is 2.77. The van der Waals surface area contributed by atoms with Gasteiger partial charge < -0.3 is 29.8 Å². The van der Waals surface area contributed by atoms with Gasteiger partial charge in [-0.05, 0) is 6.07 Å². The fourth-order valence-electron chi connectivity index (χ4n) is 2.55. The smallest absolute Gasteiger partial charge is 0.192 e. The third-order valence-corrected chi connectivity index (χ3v) is 3.89. The zero-order valence-corrected chi connectivity index (χ0v) is 12.2. The van der Waals surface area contributed by atoms with Gasteiger partial charge in [-0.3, -0.25) is 4.29 Å². The number of hydrogen-bond donors (Lipinski definition) is 4. The molecule has 1 fully saturated rings. The van der Waals surface area contributed by atoms with Crippen molar-refractivity contribution in [2.24, 2.45) is 0 Å². The number of aromatic amines is 1. The van der Waals surface area contributed by atoms with Gasteiger partial charge in [-0.15, -0.1) is 0 Å². The van der Waals surface area contributed by atoms with Crippen molar-refractivity contribution in [3.05, 3.63) is 30.3 Å². The van der Waals surface area contributed by atoms with Crippen LogP contribution in [0.4, 0.5) is 0 Å². The van der Waals surface area contributed by atoms with Crippen molar-refractivity contribution < 1.29 is 29.1 Å². The topological polar surface area (TPSA) is 104 Å². The second kappa shape index (κ2) is 6.41. The van der Waals surface area contributed by atoms with Crippen molar-refractivity contribution in [2.75, 3.05) is 6.61 Å². The first kappa shape index (κ1) is 15.5. The highest BCUT2D eigenvalue weighted by atomic mass is 35.5. The van der Waals surface area contributed by atoms with E-state index in [0.717, 1.165) is 10.9 Å². The first-order valence-electron chi connectivity index (χ1n) is 6.78. The van der Waals surface area contributed by atoms with Gasteiger partial charge in [0.2, 0.25) is 0 Å². The third-order valence-electron chi connectivity index (χ3n) is 3.68. The molecule has 0 amide bonds. The predicted molar refractivity (Wildman–Crippen MR) is 77.4 cm³/mol. The molecule has 1 saturated heterocycles. The zero-order chi connectivity index (χ0) is 15.7. The molecule has 0 spiro atoms. The maximum Gasteiger partial charge on any atom is 0.192 e. The lowest BCUT2D eigenvalue weighted by atomic mass is 9.99. The summed E-state index contributed by atoms with van der Waals surface area (Å²) < 4.78 is 15.5. The number of aromatic nitrogens is 1. The quantitative estimate of drug-likeness (QED) is 0.652. The third kappa shape index (κ3) is 2.79. The van der Waals surface area contributed by atoms with Gasteiger partial charge in [0.15, 0.2) is 18.3 Å². The number of benzene rings is 1. The molecular formula is C14H16ClNO6. The summed E-state index contributed by atoms with van der Waals surface area (Å²) in [5.41, 5.74) is 0.863. The summed E-state index contributed by atoms with van der Waals surface area (Å²) in [7, 11) is 0. The van der Waals surface area contributed by atoms with E-state index in [4.69, 9.17) is 25.6 Å². The van der Waals surface area contributed by atoms with Gasteiger partial charge in [0.1, 0.15) is 18.3 Å². The average Bonchev–Trinajstić information content (AvgIpc) is 2.94. The van der Waals surface area contributed by atoms with Crippen molar-refractivity contribution in [1.82, 2.24) is 4.98 Å². The van der Waals surface area contributed by atoms with Crippen molar-refractivity contribution in [3.8, 4) is 5.88 Å². The number of hydrogen-bond acceptors (Lipinski definition) is 6. The normalized spacial score (nSPS) is 32.3. The summed E-state index contributed by atoms with van der Waals surface area (Å²) in [5.74, 6) is 0.384. The molecule has 22 heavy (non-hydrogen) atoms.